The van der Waals surface area contributed by atoms with Crippen molar-refractivity contribution in [3.05, 3.63) is 35.4 Å². The largest absolute Gasteiger partial charge is 0.416 e. The number of benzene rings is 1. The van der Waals surface area contributed by atoms with E-state index in [2.05, 4.69) is 26.1 Å². The van der Waals surface area contributed by atoms with E-state index in [1.807, 2.05) is 6.07 Å². The maximum absolute atomic E-state index is 12.9. The molecule has 1 aliphatic rings. The van der Waals surface area contributed by atoms with Gasteiger partial charge in [0.05, 0.1) is 5.56 Å². The van der Waals surface area contributed by atoms with Crippen LogP contribution >= 0.6 is 0 Å². The monoisotopic (exact) mass is 299 g/mol. The quantitative estimate of drug-likeness (QED) is 0.808. The molecule has 1 aliphatic carbocycles. The number of alkyl halides is 3. The van der Waals surface area contributed by atoms with Gasteiger partial charge in [-0.05, 0) is 48.8 Å². The van der Waals surface area contributed by atoms with Crippen LogP contribution in [-0.4, -0.2) is 12.6 Å². The highest BCUT2D eigenvalue weighted by atomic mass is 19.4. The van der Waals surface area contributed by atoms with Gasteiger partial charge >= 0.3 is 6.18 Å². The Morgan fingerprint density at radius 2 is 1.86 bits per heavy atom. The van der Waals surface area contributed by atoms with Crippen molar-refractivity contribution in [3.63, 3.8) is 0 Å². The predicted octanol–water partition coefficient (Wildman–Crippen LogP) is 4.98. The Bertz CT molecular complexity index is 477. The van der Waals surface area contributed by atoms with E-state index >= 15 is 0 Å². The summed E-state index contributed by atoms with van der Waals surface area (Å²) >= 11 is 0. The third kappa shape index (κ3) is 2.83. The topological polar surface area (TPSA) is 12.0 Å². The van der Waals surface area contributed by atoms with Crippen molar-refractivity contribution >= 4 is 0 Å². The Kier molecular flexibility index (Phi) is 4.66. The first kappa shape index (κ1) is 16.3. The van der Waals surface area contributed by atoms with Crippen molar-refractivity contribution < 1.29 is 13.2 Å². The molecule has 0 saturated heterocycles. The lowest BCUT2D eigenvalue weighted by atomic mass is 9.51. The van der Waals surface area contributed by atoms with Gasteiger partial charge in [0.2, 0.25) is 0 Å². The van der Waals surface area contributed by atoms with Crippen molar-refractivity contribution in [2.45, 2.75) is 58.2 Å². The molecule has 2 unspecified atom stereocenters. The first-order valence-electron chi connectivity index (χ1n) is 7.79. The maximum atomic E-state index is 12.9. The zero-order valence-electron chi connectivity index (χ0n) is 12.9. The average molecular weight is 299 g/mol. The van der Waals surface area contributed by atoms with Crippen LogP contribution in [-0.2, 0) is 6.18 Å². The fraction of sp³-hybridized carbons (Fsp3) is 0.647. The Morgan fingerprint density at radius 1 is 1.19 bits per heavy atom. The maximum Gasteiger partial charge on any atom is 0.416 e. The normalized spacial score (nSPS) is 24.7. The second kappa shape index (κ2) is 5.99. The van der Waals surface area contributed by atoms with Gasteiger partial charge in [0, 0.05) is 6.04 Å². The average Bonchev–Trinajstić information content (AvgIpc) is 2.44. The van der Waals surface area contributed by atoms with Gasteiger partial charge in [-0.25, -0.2) is 0 Å². The van der Waals surface area contributed by atoms with Crippen LogP contribution in [0.3, 0.4) is 0 Å². The second-order valence-corrected chi connectivity index (χ2v) is 5.96. The molecular formula is C17H24F3N. The minimum atomic E-state index is -4.26. The van der Waals surface area contributed by atoms with Crippen molar-refractivity contribution in [1.29, 1.82) is 0 Å². The molecule has 0 radical (unpaired) electrons. The van der Waals surface area contributed by atoms with Gasteiger partial charge in [-0.3, -0.25) is 0 Å². The first-order valence-corrected chi connectivity index (χ1v) is 7.79. The number of rotatable bonds is 5. The van der Waals surface area contributed by atoms with Crippen LogP contribution in [0.25, 0.3) is 0 Å². The SMILES string of the molecule is CCNC1CC(c2cccc(C(F)(F)F)c2)C1(CC)CC. The summed E-state index contributed by atoms with van der Waals surface area (Å²) in [7, 11) is 0. The summed E-state index contributed by atoms with van der Waals surface area (Å²) < 4.78 is 38.7. The lowest BCUT2D eigenvalue weighted by Crippen LogP contribution is -2.58. The molecule has 4 heteroatoms. The minimum Gasteiger partial charge on any atom is -0.314 e. The lowest BCUT2D eigenvalue weighted by Gasteiger charge is -2.57. The van der Waals surface area contributed by atoms with Crippen molar-refractivity contribution in [1.82, 2.24) is 5.32 Å². The van der Waals surface area contributed by atoms with E-state index in [9.17, 15) is 13.2 Å². The standard InChI is InChI=1S/C17H24F3N/c1-4-16(5-2)14(11-15(16)21-6-3)12-8-7-9-13(10-12)17(18,19)20/h7-10,14-15,21H,4-6,11H2,1-3H3. The molecule has 2 rings (SSSR count). The highest BCUT2D eigenvalue weighted by molar-refractivity contribution is 5.33. The van der Waals surface area contributed by atoms with E-state index in [0.717, 1.165) is 37.4 Å². The predicted molar refractivity (Wildman–Crippen MR) is 79.3 cm³/mol. The van der Waals surface area contributed by atoms with Gasteiger partial charge in [0.25, 0.3) is 0 Å². The van der Waals surface area contributed by atoms with E-state index in [1.165, 1.54) is 12.1 Å². The lowest BCUT2D eigenvalue weighted by molar-refractivity contribution is -0.137. The van der Waals surface area contributed by atoms with Crippen LogP contribution in [0.4, 0.5) is 13.2 Å². The summed E-state index contributed by atoms with van der Waals surface area (Å²) in [6.07, 6.45) is -1.36. The Hall–Kier alpha value is -1.03. The molecule has 1 aromatic carbocycles. The highest BCUT2D eigenvalue weighted by Crippen LogP contribution is 2.57. The molecule has 1 nitrogen and oxygen atoms in total. The van der Waals surface area contributed by atoms with Crippen molar-refractivity contribution in [3.8, 4) is 0 Å². The fourth-order valence-electron chi connectivity index (χ4n) is 3.96. The van der Waals surface area contributed by atoms with Crippen LogP contribution in [0.5, 0.6) is 0 Å². The van der Waals surface area contributed by atoms with Crippen LogP contribution in [0.2, 0.25) is 0 Å². The molecule has 21 heavy (non-hydrogen) atoms. The van der Waals surface area contributed by atoms with E-state index in [1.54, 1.807) is 0 Å². The Labute approximate surface area is 124 Å². The molecule has 1 saturated carbocycles. The smallest absolute Gasteiger partial charge is 0.314 e. The van der Waals surface area contributed by atoms with Gasteiger partial charge in [0.1, 0.15) is 0 Å². The summed E-state index contributed by atoms with van der Waals surface area (Å²) in [5.41, 5.74) is 0.385. The summed E-state index contributed by atoms with van der Waals surface area (Å²) in [6.45, 7) is 7.27. The molecular weight excluding hydrogens is 275 g/mol. The highest BCUT2D eigenvalue weighted by Gasteiger charge is 2.52. The van der Waals surface area contributed by atoms with E-state index in [0.29, 0.717) is 6.04 Å². The molecule has 0 bridgehead atoms. The first-order chi connectivity index (χ1) is 9.89. The van der Waals surface area contributed by atoms with Gasteiger partial charge in [-0.15, -0.1) is 0 Å². The fourth-order valence-corrected chi connectivity index (χ4v) is 3.96. The number of hydrogen-bond acceptors (Lipinski definition) is 1. The summed E-state index contributed by atoms with van der Waals surface area (Å²) in [5.74, 6) is 0.221. The Morgan fingerprint density at radius 3 is 2.38 bits per heavy atom. The van der Waals surface area contributed by atoms with E-state index < -0.39 is 11.7 Å². The van der Waals surface area contributed by atoms with Crippen LogP contribution in [0.15, 0.2) is 24.3 Å². The minimum absolute atomic E-state index is 0.0836. The number of halogens is 3. The summed E-state index contributed by atoms with van der Waals surface area (Å²) in [4.78, 5) is 0. The third-order valence-electron chi connectivity index (χ3n) is 5.24. The molecule has 2 atom stereocenters. The number of hydrogen-bond donors (Lipinski definition) is 1. The molecule has 0 spiro atoms. The van der Waals surface area contributed by atoms with Crippen molar-refractivity contribution in [2.24, 2.45) is 5.41 Å². The molecule has 1 N–H and O–H groups in total. The van der Waals surface area contributed by atoms with Gasteiger partial charge in [-0.2, -0.15) is 13.2 Å². The zero-order valence-corrected chi connectivity index (χ0v) is 12.9. The molecule has 0 heterocycles. The van der Waals surface area contributed by atoms with Crippen LogP contribution in [0.1, 0.15) is 57.1 Å². The van der Waals surface area contributed by atoms with Crippen LogP contribution < -0.4 is 5.32 Å². The Balaban J connectivity index is 2.30. The van der Waals surface area contributed by atoms with Gasteiger partial charge in [0.15, 0.2) is 0 Å². The van der Waals surface area contributed by atoms with E-state index in [-0.39, 0.29) is 11.3 Å². The molecule has 0 aliphatic heterocycles. The molecule has 0 aromatic heterocycles. The van der Waals surface area contributed by atoms with Crippen LogP contribution in [0, 0.1) is 5.41 Å². The van der Waals surface area contributed by atoms with Gasteiger partial charge in [-0.1, -0.05) is 39.0 Å². The molecule has 118 valence electrons. The molecule has 0 amide bonds. The van der Waals surface area contributed by atoms with E-state index in [4.69, 9.17) is 0 Å². The summed E-state index contributed by atoms with van der Waals surface area (Å²) in [5, 5.41) is 3.50. The molecule has 1 aromatic rings. The van der Waals surface area contributed by atoms with Crippen molar-refractivity contribution in [2.75, 3.05) is 6.54 Å². The second-order valence-electron chi connectivity index (χ2n) is 5.96. The zero-order chi connectivity index (χ0) is 15.7. The molecule has 1 fully saturated rings. The number of nitrogens with one attached hydrogen (secondary N) is 1. The summed E-state index contributed by atoms with van der Waals surface area (Å²) in [6, 6.07) is 6.30. The van der Waals surface area contributed by atoms with Gasteiger partial charge < -0.3 is 5.32 Å². The third-order valence-corrected chi connectivity index (χ3v) is 5.24.